The number of rotatable bonds is 6. The molecule has 0 bridgehead atoms. The number of hydrogen-bond acceptors (Lipinski definition) is 2. The van der Waals surface area contributed by atoms with E-state index in [1.807, 2.05) is 12.1 Å². The monoisotopic (exact) mass is 291 g/mol. The summed E-state index contributed by atoms with van der Waals surface area (Å²) in [5.74, 6) is 0.683. The van der Waals surface area contributed by atoms with Crippen molar-refractivity contribution in [2.45, 2.75) is 32.6 Å². The minimum absolute atomic E-state index is 0.139. The lowest BCUT2D eigenvalue weighted by Gasteiger charge is -2.12. The highest BCUT2D eigenvalue weighted by atomic mass is 19.3. The van der Waals surface area contributed by atoms with Crippen LogP contribution >= 0.6 is 0 Å². The first kappa shape index (κ1) is 15.3. The zero-order valence-corrected chi connectivity index (χ0v) is 12.0. The van der Waals surface area contributed by atoms with Crippen molar-refractivity contribution in [3.8, 4) is 11.5 Å². The van der Waals surface area contributed by atoms with E-state index in [0.717, 1.165) is 19.3 Å². The molecule has 2 N–H and O–H groups in total. The fraction of sp³-hybridized carbons (Fsp3) is 0.294. The van der Waals surface area contributed by atoms with Crippen molar-refractivity contribution in [1.82, 2.24) is 0 Å². The normalized spacial score (nSPS) is 10.9. The summed E-state index contributed by atoms with van der Waals surface area (Å²) in [6.45, 7) is 2.14. The molecule has 112 valence electrons. The van der Waals surface area contributed by atoms with E-state index >= 15 is 0 Å². The third kappa shape index (κ3) is 4.18. The van der Waals surface area contributed by atoms with Gasteiger partial charge in [0.25, 0.3) is 6.43 Å². The van der Waals surface area contributed by atoms with Crippen molar-refractivity contribution in [2.24, 2.45) is 0 Å². The number of nitrogens with two attached hydrogens (primary N) is 1. The highest BCUT2D eigenvalue weighted by Gasteiger charge is 2.15. The largest absolute Gasteiger partial charge is 0.457 e. The third-order valence-corrected chi connectivity index (χ3v) is 3.24. The van der Waals surface area contributed by atoms with E-state index in [1.165, 1.54) is 17.7 Å². The van der Waals surface area contributed by atoms with Crippen LogP contribution < -0.4 is 10.5 Å². The van der Waals surface area contributed by atoms with Crippen LogP contribution in [-0.2, 0) is 6.42 Å². The van der Waals surface area contributed by atoms with Crippen molar-refractivity contribution in [2.75, 3.05) is 5.73 Å². The van der Waals surface area contributed by atoms with Gasteiger partial charge in [0.15, 0.2) is 0 Å². The summed E-state index contributed by atoms with van der Waals surface area (Å²) in [5, 5.41) is 0. The molecule has 4 heteroatoms. The molecule has 2 aromatic rings. The van der Waals surface area contributed by atoms with E-state index in [2.05, 4.69) is 6.92 Å². The Morgan fingerprint density at radius 2 is 1.81 bits per heavy atom. The molecule has 21 heavy (non-hydrogen) atoms. The molecule has 2 aromatic carbocycles. The van der Waals surface area contributed by atoms with Crippen LogP contribution in [0.1, 0.15) is 37.3 Å². The molecule has 0 atom stereocenters. The maximum Gasteiger partial charge on any atom is 0.267 e. The SMILES string of the molecule is CCCCc1ccc(Oc2ccc(N)cc2C(F)F)cc1. The molecule has 0 radical (unpaired) electrons. The summed E-state index contributed by atoms with van der Waals surface area (Å²) in [5.41, 5.74) is 6.86. The van der Waals surface area contributed by atoms with Gasteiger partial charge in [0.2, 0.25) is 0 Å². The predicted molar refractivity (Wildman–Crippen MR) is 80.9 cm³/mol. The van der Waals surface area contributed by atoms with Crippen molar-refractivity contribution >= 4 is 5.69 Å². The summed E-state index contributed by atoms with van der Waals surface area (Å²) in [4.78, 5) is 0. The smallest absolute Gasteiger partial charge is 0.267 e. The van der Waals surface area contributed by atoms with Crippen molar-refractivity contribution in [3.63, 3.8) is 0 Å². The number of alkyl halides is 2. The minimum Gasteiger partial charge on any atom is -0.457 e. The summed E-state index contributed by atoms with van der Waals surface area (Å²) in [7, 11) is 0. The highest BCUT2D eigenvalue weighted by molar-refractivity contribution is 5.49. The molecule has 0 heterocycles. The van der Waals surface area contributed by atoms with Gasteiger partial charge in [0, 0.05) is 5.69 Å². The van der Waals surface area contributed by atoms with Gasteiger partial charge in [-0.2, -0.15) is 0 Å². The molecule has 0 amide bonds. The zero-order valence-electron chi connectivity index (χ0n) is 12.0. The fourth-order valence-electron chi connectivity index (χ4n) is 2.06. The van der Waals surface area contributed by atoms with E-state index in [4.69, 9.17) is 10.5 Å². The van der Waals surface area contributed by atoms with Crippen LogP contribution in [0.2, 0.25) is 0 Å². The Kier molecular flexibility index (Phi) is 5.14. The Labute approximate surface area is 123 Å². The van der Waals surface area contributed by atoms with Crippen molar-refractivity contribution in [3.05, 3.63) is 53.6 Å². The van der Waals surface area contributed by atoms with Crippen LogP contribution in [0, 0.1) is 0 Å². The minimum atomic E-state index is -2.62. The Morgan fingerprint density at radius 3 is 2.43 bits per heavy atom. The topological polar surface area (TPSA) is 35.2 Å². The van der Waals surface area contributed by atoms with E-state index in [0.29, 0.717) is 11.4 Å². The predicted octanol–water partition coefficient (Wildman–Crippen LogP) is 5.34. The number of hydrogen-bond donors (Lipinski definition) is 1. The van der Waals surface area contributed by atoms with Crippen LogP contribution in [0.25, 0.3) is 0 Å². The summed E-state index contributed by atoms with van der Waals surface area (Å²) in [6, 6.07) is 11.8. The number of ether oxygens (including phenoxy) is 1. The van der Waals surface area contributed by atoms with Crippen molar-refractivity contribution in [1.29, 1.82) is 0 Å². The molecule has 0 aliphatic rings. The second-order valence-electron chi connectivity index (χ2n) is 4.95. The van der Waals surface area contributed by atoms with Gasteiger partial charge in [-0.25, -0.2) is 8.78 Å². The number of halogens is 2. The first-order valence-electron chi connectivity index (χ1n) is 7.04. The Morgan fingerprint density at radius 1 is 1.10 bits per heavy atom. The van der Waals surface area contributed by atoms with Gasteiger partial charge in [0.05, 0.1) is 5.56 Å². The Bertz CT molecular complexity index is 582. The fourth-order valence-corrected chi connectivity index (χ4v) is 2.06. The van der Waals surface area contributed by atoms with Crippen LogP contribution in [0.3, 0.4) is 0 Å². The Hall–Kier alpha value is -2.10. The molecular weight excluding hydrogens is 272 g/mol. The number of anilines is 1. The molecule has 0 spiro atoms. The van der Waals surface area contributed by atoms with Gasteiger partial charge in [-0.1, -0.05) is 25.5 Å². The number of aryl methyl sites for hydroxylation is 1. The highest BCUT2D eigenvalue weighted by Crippen LogP contribution is 2.33. The molecule has 0 unspecified atom stereocenters. The second-order valence-corrected chi connectivity index (χ2v) is 4.95. The van der Waals surface area contributed by atoms with E-state index in [-0.39, 0.29) is 11.3 Å². The molecule has 0 fully saturated rings. The average molecular weight is 291 g/mol. The van der Waals surface area contributed by atoms with Gasteiger partial charge < -0.3 is 10.5 Å². The second kappa shape index (κ2) is 7.07. The van der Waals surface area contributed by atoms with Gasteiger partial charge in [0.1, 0.15) is 11.5 Å². The number of nitrogen functional groups attached to an aromatic ring is 1. The third-order valence-electron chi connectivity index (χ3n) is 3.24. The summed E-state index contributed by atoms with van der Waals surface area (Å²) >= 11 is 0. The molecule has 0 aliphatic heterocycles. The van der Waals surface area contributed by atoms with E-state index < -0.39 is 6.43 Å². The van der Waals surface area contributed by atoms with Crippen LogP contribution in [0.5, 0.6) is 11.5 Å². The van der Waals surface area contributed by atoms with Crippen LogP contribution in [0.15, 0.2) is 42.5 Å². The van der Waals surface area contributed by atoms with Crippen LogP contribution in [0.4, 0.5) is 14.5 Å². The van der Waals surface area contributed by atoms with Crippen molar-refractivity contribution < 1.29 is 13.5 Å². The first-order chi connectivity index (χ1) is 10.1. The maximum absolute atomic E-state index is 13.0. The molecule has 0 saturated heterocycles. The van der Waals surface area contributed by atoms with E-state index in [1.54, 1.807) is 18.2 Å². The average Bonchev–Trinajstić information content (AvgIpc) is 2.48. The zero-order chi connectivity index (χ0) is 15.2. The summed E-state index contributed by atoms with van der Waals surface area (Å²) in [6.07, 6.45) is 0.670. The molecule has 2 nitrogen and oxygen atoms in total. The number of benzene rings is 2. The Balaban J connectivity index is 2.14. The van der Waals surface area contributed by atoms with Gasteiger partial charge >= 0.3 is 0 Å². The molecule has 0 saturated carbocycles. The lowest BCUT2D eigenvalue weighted by molar-refractivity contribution is 0.148. The van der Waals surface area contributed by atoms with Gasteiger partial charge in [-0.05, 0) is 48.7 Å². The molecule has 0 aliphatic carbocycles. The first-order valence-corrected chi connectivity index (χ1v) is 7.04. The van der Waals surface area contributed by atoms with Gasteiger partial charge in [-0.3, -0.25) is 0 Å². The molecular formula is C17H19F2NO. The quantitative estimate of drug-likeness (QED) is 0.729. The summed E-state index contributed by atoms with van der Waals surface area (Å²) < 4.78 is 31.5. The van der Waals surface area contributed by atoms with E-state index in [9.17, 15) is 8.78 Å². The van der Waals surface area contributed by atoms with Gasteiger partial charge in [-0.15, -0.1) is 0 Å². The lowest BCUT2D eigenvalue weighted by Crippen LogP contribution is -1.95. The molecule has 0 aromatic heterocycles. The maximum atomic E-state index is 13.0. The lowest BCUT2D eigenvalue weighted by atomic mass is 10.1. The number of unbranched alkanes of at least 4 members (excludes halogenated alkanes) is 1. The standard InChI is InChI=1S/C17H19F2NO/c1-2-3-4-12-5-8-14(9-6-12)21-16-10-7-13(20)11-15(16)17(18)19/h5-11,17H,2-4,20H2,1H3. The molecule has 2 rings (SSSR count). The van der Waals surface area contributed by atoms with Crippen LogP contribution in [-0.4, -0.2) is 0 Å².